The van der Waals surface area contributed by atoms with Crippen molar-refractivity contribution in [3.05, 3.63) is 57.8 Å². The third kappa shape index (κ3) is 4.27. The number of sulfonamides is 1. The van der Waals surface area contributed by atoms with E-state index < -0.39 is 21.7 Å². The molecule has 1 saturated heterocycles. The lowest BCUT2D eigenvalue weighted by Gasteiger charge is -2.26. The molecule has 3 rings (SSSR count). The van der Waals surface area contributed by atoms with Gasteiger partial charge in [-0.1, -0.05) is 35.7 Å². The number of benzene rings is 2. The molecule has 1 fully saturated rings. The SMILES string of the molecule is O=C(Nc1cccc(Cl)c1F)c1ccc(Cl)c(S(=O)(=O)N2CCCCC2)c1. The number of hydrogen-bond donors (Lipinski definition) is 1. The molecule has 1 heterocycles. The first kappa shape index (κ1) is 20.1. The summed E-state index contributed by atoms with van der Waals surface area (Å²) >= 11 is 11.8. The Kier molecular flexibility index (Phi) is 6.05. The number of carbonyl (C=O) groups excluding carboxylic acids is 1. The van der Waals surface area contributed by atoms with E-state index in [4.69, 9.17) is 23.2 Å². The van der Waals surface area contributed by atoms with Crippen LogP contribution in [0.25, 0.3) is 0 Å². The fourth-order valence-electron chi connectivity index (χ4n) is 2.88. The molecule has 1 N–H and O–H groups in total. The van der Waals surface area contributed by atoms with Gasteiger partial charge < -0.3 is 5.32 Å². The first-order chi connectivity index (χ1) is 12.8. The van der Waals surface area contributed by atoms with Gasteiger partial charge in [-0.05, 0) is 43.2 Å². The number of hydrogen-bond acceptors (Lipinski definition) is 3. The zero-order valence-corrected chi connectivity index (χ0v) is 16.5. The summed E-state index contributed by atoms with van der Waals surface area (Å²) in [5.74, 6) is -1.43. The van der Waals surface area contributed by atoms with Crippen molar-refractivity contribution in [3.63, 3.8) is 0 Å². The Balaban J connectivity index is 1.90. The van der Waals surface area contributed by atoms with Crippen LogP contribution in [0.2, 0.25) is 10.0 Å². The van der Waals surface area contributed by atoms with Crippen LogP contribution in [0, 0.1) is 5.82 Å². The fraction of sp³-hybridized carbons (Fsp3) is 0.278. The zero-order chi connectivity index (χ0) is 19.6. The molecule has 0 saturated carbocycles. The van der Waals surface area contributed by atoms with Gasteiger partial charge in [0.25, 0.3) is 5.91 Å². The highest BCUT2D eigenvalue weighted by Crippen LogP contribution is 2.29. The molecule has 144 valence electrons. The van der Waals surface area contributed by atoms with Crippen LogP contribution < -0.4 is 5.32 Å². The minimum Gasteiger partial charge on any atom is -0.319 e. The molecule has 2 aromatic rings. The average Bonchev–Trinajstić information content (AvgIpc) is 2.66. The number of carbonyl (C=O) groups is 1. The molecule has 0 spiro atoms. The van der Waals surface area contributed by atoms with Crippen molar-refractivity contribution in [2.24, 2.45) is 0 Å². The zero-order valence-electron chi connectivity index (χ0n) is 14.2. The van der Waals surface area contributed by atoms with Gasteiger partial charge in [-0.25, -0.2) is 12.8 Å². The third-order valence-electron chi connectivity index (χ3n) is 4.33. The van der Waals surface area contributed by atoms with Crippen molar-refractivity contribution >= 4 is 44.8 Å². The molecule has 0 atom stereocenters. The predicted octanol–water partition coefficient (Wildman–Crippen LogP) is 4.56. The van der Waals surface area contributed by atoms with Crippen LogP contribution in [0.15, 0.2) is 41.3 Å². The molecule has 0 radical (unpaired) electrons. The Labute approximate surface area is 167 Å². The van der Waals surface area contributed by atoms with E-state index in [2.05, 4.69) is 5.32 Å². The summed E-state index contributed by atoms with van der Waals surface area (Å²) in [5.41, 5.74) is -0.0442. The normalized spacial score (nSPS) is 15.5. The van der Waals surface area contributed by atoms with Crippen LogP contribution in [-0.4, -0.2) is 31.7 Å². The van der Waals surface area contributed by atoms with E-state index in [0.29, 0.717) is 13.1 Å². The number of halogens is 3. The second-order valence-electron chi connectivity index (χ2n) is 6.17. The highest BCUT2D eigenvalue weighted by atomic mass is 35.5. The highest BCUT2D eigenvalue weighted by molar-refractivity contribution is 7.89. The van der Waals surface area contributed by atoms with Crippen LogP contribution >= 0.6 is 23.2 Å². The Morgan fingerprint density at radius 3 is 2.44 bits per heavy atom. The largest absolute Gasteiger partial charge is 0.319 e. The lowest BCUT2D eigenvalue weighted by Crippen LogP contribution is -2.35. The molecule has 0 aromatic heterocycles. The maximum atomic E-state index is 14.0. The molecule has 5 nitrogen and oxygen atoms in total. The first-order valence-corrected chi connectivity index (χ1v) is 10.6. The topological polar surface area (TPSA) is 66.5 Å². The van der Waals surface area contributed by atoms with Gasteiger partial charge in [0.15, 0.2) is 5.82 Å². The van der Waals surface area contributed by atoms with E-state index >= 15 is 0 Å². The summed E-state index contributed by atoms with van der Waals surface area (Å²) in [6.07, 6.45) is 2.55. The summed E-state index contributed by atoms with van der Waals surface area (Å²) < 4.78 is 41.1. The third-order valence-corrected chi connectivity index (χ3v) is 7.00. The Bertz CT molecular complexity index is 977. The van der Waals surface area contributed by atoms with Crippen LogP contribution in [0.4, 0.5) is 10.1 Å². The van der Waals surface area contributed by atoms with Crippen molar-refractivity contribution < 1.29 is 17.6 Å². The van der Waals surface area contributed by atoms with Gasteiger partial charge in [0.05, 0.1) is 15.7 Å². The smallest absolute Gasteiger partial charge is 0.255 e. The lowest BCUT2D eigenvalue weighted by atomic mass is 10.2. The minimum absolute atomic E-state index is 0.0334. The molecule has 27 heavy (non-hydrogen) atoms. The Morgan fingerprint density at radius 1 is 1.04 bits per heavy atom. The molecule has 0 unspecified atom stereocenters. The standard InChI is InChI=1S/C18H17Cl2FN2O3S/c19-13-8-7-12(18(24)22-15-6-4-5-14(20)17(15)21)11-16(13)27(25,26)23-9-2-1-3-10-23/h4-8,11H,1-3,9-10H2,(H,22,24). The second-order valence-corrected chi connectivity index (χ2v) is 8.89. The Morgan fingerprint density at radius 2 is 1.74 bits per heavy atom. The van der Waals surface area contributed by atoms with Crippen LogP contribution in [-0.2, 0) is 10.0 Å². The van der Waals surface area contributed by atoms with Gasteiger partial charge in [0.2, 0.25) is 10.0 Å². The van der Waals surface area contributed by atoms with Crippen molar-refractivity contribution in [1.82, 2.24) is 4.31 Å². The van der Waals surface area contributed by atoms with Gasteiger partial charge in [-0.2, -0.15) is 4.31 Å². The fourth-order valence-corrected chi connectivity index (χ4v) is 5.07. The minimum atomic E-state index is -3.81. The van der Waals surface area contributed by atoms with Gasteiger partial charge in [-0.3, -0.25) is 4.79 Å². The summed E-state index contributed by atoms with van der Waals surface area (Å²) in [7, 11) is -3.81. The van der Waals surface area contributed by atoms with E-state index in [1.807, 2.05) is 0 Å². The number of nitrogens with one attached hydrogen (secondary N) is 1. The summed E-state index contributed by atoms with van der Waals surface area (Å²) in [5, 5.41) is 2.30. The number of piperidine rings is 1. The van der Waals surface area contributed by atoms with Crippen molar-refractivity contribution in [2.75, 3.05) is 18.4 Å². The molecule has 2 aromatic carbocycles. The van der Waals surface area contributed by atoms with E-state index in [0.717, 1.165) is 19.3 Å². The molecule has 1 amide bonds. The summed E-state index contributed by atoms with van der Waals surface area (Å²) in [4.78, 5) is 12.3. The van der Waals surface area contributed by atoms with Gasteiger partial charge in [-0.15, -0.1) is 0 Å². The average molecular weight is 431 g/mol. The van der Waals surface area contributed by atoms with Crippen molar-refractivity contribution in [3.8, 4) is 0 Å². The molecule has 0 bridgehead atoms. The van der Waals surface area contributed by atoms with Gasteiger partial charge in [0, 0.05) is 18.7 Å². The molecular formula is C18H17Cl2FN2O3S. The van der Waals surface area contributed by atoms with E-state index in [-0.39, 0.29) is 26.2 Å². The molecule has 1 aliphatic heterocycles. The van der Waals surface area contributed by atoms with E-state index in [9.17, 15) is 17.6 Å². The maximum absolute atomic E-state index is 14.0. The molecule has 1 aliphatic rings. The van der Waals surface area contributed by atoms with Crippen LogP contribution in [0.3, 0.4) is 0 Å². The second kappa shape index (κ2) is 8.14. The lowest BCUT2D eigenvalue weighted by molar-refractivity contribution is 0.102. The van der Waals surface area contributed by atoms with Crippen molar-refractivity contribution in [1.29, 1.82) is 0 Å². The van der Waals surface area contributed by atoms with Crippen LogP contribution in [0.5, 0.6) is 0 Å². The highest BCUT2D eigenvalue weighted by Gasteiger charge is 2.28. The number of anilines is 1. The first-order valence-electron chi connectivity index (χ1n) is 8.36. The quantitative estimate of drug-likeness (QED) is 0.772. The number of rotatable bonds is 4. The van der Waals surface area contributed by atoms with Crippen molar-refractivity contribution in [2.45, 2.75) is 24.2 Å². The number of nitrogens with zero attached hydrogens (tertiary/aromatic N) is 1. The predicted molar refractivity (Wildman–Crippen MR) is 103 cm³/mol. The molecule has 9 heteroatoms. The van der Waals surface area contributed by atoms with Gasteiger partial charge in [0.1, 0.15) is 4.90 Å². The maximum Gasteiger partial charge on any atom is 0.255 e. The van der Waals surface area contributed by atoms with E-state index in [1.54, 1.807) is 0 Å². The summed E-state index contributed by atoms with van der Waals surface area (Å²) in [6, 6.07) is 8.16. The molecular weight excluding hydrogens is 414 g/mol. The monoisotopic (exact) mass is 430 g/mol. The summed E-state index contributed by atoms with van der Waals surface area (Å²) in [6.45, 7) is 0.839. The number of amides is 1. The molecule has 0 aliphatic carbocycles. The van der Waals surface area contributed by atoms with Gasteiger partial charge >= 0.3 is 0 Å². The van der Waals surface area contributed by atoms with Crippen LogP contribution in [0.1, 0.15) is 29.6 Å². The van der Waals surface area contributed by atoms with E-state index in [1.165, 1.54) is 40.7 Å². The Hall–Kier alpha value is -1.67.